The van der Waals surface area contributed by atoms with Crippen LogP contribution in [0.3, 0.4) is 0 Å². The van der Waals surface area contributed by atoms with E-state index in [9.17, 15) is 13.6 Å². The lowest BCUT2D eigenvalue weighted by Crippen LogP contribution is -2.04. The van der Waals surface area contributed by atoms with Gasteiger partial charge in [-0.05, 0) is 30.0 Å². The Balaban J connectivity index is 2.52. The fourth-order valence-electron chi connectivity index (χ4n) is 1.43. The summed E-state index contributed by atoms with van der Waals surface area (Å²) in [6.07, 6.45) is 0. The van der Waals surface area contributed by atoms with Crippen molar-refractivity contribution in [2.75, 3.05) is 0 Å². The maximum absolute atomic E-state index is 13.1. The zero-order chi connectivity index (χ0) is 12.6. The number of hydrogen-bond acceptors (Lipinski definition) is 2. The van der Waals surface area contributed by atoms with Gasteiger partial charge in [0.05, 0.1) is 5.02 Å². The topological polar surface area (TPSA) is 17.1 Å². The van der Waals surface area contributed by atoms with Gasteiger partial charge in [-0.1, -0.05) is 11.6 Å². The van der Waals surface area contributed by atoms with E-state index in [1.54, 1.807) is 17.7 Å². The maximum atomic E-state index is 13.1. The summed E-state index contributed by atoms with van der Waals surface area (Å²) in [4.78, 5) is 12.0. The Morgan fingerprint density at radius 1 is 1.18 bits per heavy atom. The predicted molar refractivity (Wildman–Crippen MR) is 63.9 cm³/mol. The SMILES string of the molecule is Cc1cscc1C(=O)c1cc(F)c(F)cc1Cl. The smallest absolute Gasteiger partial charge is 0.195 e. The number of halogens is 3. The van der Waals surface area contributed by atoms with Gasteiger partial charge in [-0.3, -0.25) is 4.79 Å². The van der Waals surface area contributed by atoms with Crippen LogP contribution in [0.15, 0.2) is 22.9 Å². The first-order valence-electron chi connectivity index (χ1n) is 4.72. The van der Waals surface area contributed by atoms with E-state index in [2.05, 4.69) is 0 Å². The van der Waals surface area contributed by atoms with Gasteiger partial charge >= 0.3 is 0 Å². The lowest BCUT2D eigenvalue weighted by molar-refractivity contribution is 0.103. The molecule has 0 unspecified atom stereocenters. The van der Waals surface area contributed by atoms with Crippen molar-refractivity contribution >= 4 is 28.7 Å². The monoisotopic (exact) mass is 272 g/mol. The van der Waals surface area contributed by atoms with Crippen LogP contribution in [0, 0.1) is 18.6 Å². The molecule has 1 nitrogen and oxygen atoms in total. The Bertz CT molecular complexity index is 592. The van der Waals surface area contributed by atoms with Crippen LogP contribution in [0.1, 0.15) is 21.5 Å². The number of rotatable bonds is 2. The number of hydrogen-bond donors (Lipinski definition) is 0. The molecule has 0 fully saturated rings. The Morgan fingerprint density at radius 2 is 1.82 bits per heavy atom. The van der Waals surface area contributed by atoms with E-state index in [-0.39, 0.29) is 10.6 Å². The van der Waals surface area contributed by atoms with Crippen LogP contribution in [0.4, 0.5) is 8.78 Å². The highest BCUT2D eigenvalue weighted by Gasteiger charge is 2.18. The minimum Gasteiger partial charge on any atom is -0.289 e. The summed E-state index contributed by atoms with van der Waals surface area (Å²) in [6.45, 7) is 1.78. The molecular weight excluding hydrogens is 266 g/mol. The van der Waals surface area contributed by atoms with Crippen molar-refractivity contribution < 1.29 is 13.6 Å². The van der Waals surface area contributed by atoms with Crippen molar-refractivity contribution in [2.24, 2.45) is 0 Å². The van der Waals surface area contributed by atoms with E-state index in [1.165, 1.54) is 11.3 Å². The van der Waals surface area contributed by atoms with E-state index in [0.29, 0.717) is 5.56 Å². The van der Waals surface area contributed by atoms with Crippen LogP contribution in [0.25, 0.3) is 0 Å². The van der Waals surface area contributed by atoms with E-state index in [0.717, 1.165) is 17.7 Å². The summed E-state index contributed by atoms with van der Waals surface area (Å²) < 4.78 is 26.0. The van der Waals surface area contributed by atoms with Gasteiger partial charge in [-0.15, -0.1) is 0 Å². The molecule has 2 rings (SSSR count). The van der Waals surface area contributed by atoms with Gasteiger partial charge in [0, 0.05) is 16.5 Å². The molecular formula is C12H7ClF2OS. The van der Waals surface area contributed by atoms with Gasteiger partial charge in [0.1, 0.15) is 0 Å². The Morgan fingerprint density at radius 3 is 2.41 bits per heavy atom. The van der Waals surface area contributed by atoms with Crippen LogP contribution in [-0.4, -0.2) is 5.78 Å². The molecule has 2 aromatic rings. The molecule has 0 aliphatic carbocycles. The lowest BCUT2D eigenvalue weighted by Gasteiger charge is -2.04. The standard InChI is InChI=1S/C12H7ClF2OS/c1-6-4-17-5-8(6)12(16)7-2-10(14)11(15)3-9(7)13/h2-5H,1H3. The average Bonchev–Trinajstić information content (AvgIpc) is 2.69. The second-order valence-electron chi connectivity index (χ2n) is 3.54. The predicted octanol–water partition coefficient (Wildman–Crippen LogP) is 4.22. The lowest BCUT2D eigenvalue weighted by atomic mass is 10.0. The molecule has 0 atom stereocenters. The molecule has 5 heteroatoms. The van der Waals surface area contributed by atoms with Crippen LogP contribution >= 0.6 is 22.9 Å². The van der Waals surface area contributed by atoms with Gasteiger partial charge in [0.15, 0.2) is 17.4 Å². The van der Waals surface area contributed by atoms with E-state index < -0.39 is 17.4 Å². The fourth-order valence-corrected chi connectivity index (χ4v) is 2.50. The quantitative estimate of drug-likeness (QED) is 0.591. The number of ketones is 1. The van der Waals surface area contributed by atoms with Gasteiger partial charge in [-0.2, -0.15) is 11.3 Å². The van der Waals surface area contributed by atoms with Gasteiger partial charge in [-0.25, -0.2) is 8.78 Å². The van der Waals surface area contributed by atoms with Crippen molar-refractivity contribution in [3.63, 3.8) is 0 Å². The second-order valence-corrected chi connectivity index (χ2v) is 4.69. The van der Waals surface area contributed by atoms with Crippen molar-refractivity contribution in [2.45, 2.75) is 6.92 Å². The number of carbonyl (C=O) groups excluding carboxylic acids is 1. The molecule has 1 aromatic heterocycles. The van der Waals surface area contributed by atoms with Crippen molar-refractivity contribution in [3.8, 4) is 0 Å². The minimum atomic E-state index is -1.08. The second kappa shape index (κ2) is 4.55. The number of carbonyl (C=O) groups is 1. The molecule has 0 saturated heterocycles. The molecule has 88 valence electrons. The van der Waals surface area contributed by atoms with Crippen LogP contribution < -0.4 is 0 Å². The third kappa shape index (κ3) is 2.23. The first-order chi connectivity index (χ1) is 8.00. The molecule has 0 radical (unpaired) electrons. The summed E-state index contributed by atoms with van der Waals surface area (Å²) in [5.74, 6) is -2.54. The maximum Gasteiger partial charge on any atom is 0.195 e. The van der Waals surface area contributed by atoms with E-state index in [1.807, 2.05) is 0 Å². The molecule has 1 aromatic carbocycles. The highest BCUT2D eigenvalue weighted by molar-refractivity contribution is 7.08. The van der Waals surface area contributed by atoms with Gasteiger partial charge in [0.25, 0.3) is 0 Å². The first kappa shape index (κ1) is 12.2. The highest BCUT2D eigenvalue weighted by Crippen LogP contribution is 2.25. The molecule has 1 heterocycles. The molecule has 0 amide bonds. The zero-order valence-electron chi connectivity index (χ0n) is 8.76. The molecule has 0 bridgehead atoms. The van der Waals surface area contributed by atoms with Crippen molar-refractivity contribution in [3.05, 3.63) is 56.2 Å². The molecule has 17 heavy (non-hydrogen) atoms. The van der Waals surface area contributed by atoms with Crippen LogP contribution in [0.5, 0.6) is 0 Å². The van der Waals surface area contributed by atoms with Crippen molar-refractivity contribution in [1.82, 2.24) is 0 Å². The summed E-state index contributed by atoms with van der Waals surface area (Å²) in [5, 5.41) is 3.38. The van der Waals surface area contributed by atoms with E-state index in [4.69, 9.17) is 11.6 Å². The van der Waals surface area contributed by atoms with Gasteiger partial charge < -0.3 is 0 Å². The molecule has 0 spiro atoms. The number of thiophene rings is 1. The summed E-state index contributed by atoms with van der Waals surface area (Å²) in [6, 6.07) is 1.64. The average molecular weight is 273 g/mol. The van der Waals surface area contributed by atoms with Crippen LogP contribution in [0.2, 0.25) is 5.02 Å². The molecule has 0 aliphatic heterocycles. The first-order valence-corrected chi connectivity index (χ1v) is 6.05. The fraction of sp³-hybridized carbons (Fsp3) is 0.0833. The summed E-state index contributed by atoms with van der Waals surface area (Å²) >= 11 is 7.11. The number of benzene rings is 1. The minimum absolute atomic E-state index is 0.0212. The van der Waals surface area contributed by atoms with Crippen molar-refractivity contribution in [1.29, 1.82) is 0 Å². The Hall–Kier alpha value is -1.26. The largest absolute Gasteiger partial charge is 0.289 e. The molecule has 0 saturated carbocycles. The third-order valence-corrected chi connectivity index (χ3v) is 3.53. The normalized spacial score (nSPS) is 10.6. The van der Waals surface area contributed by atoms with Crippen LogP contribution in [-0.2, 0) is 0 Å². The Kier molecular flexibility index (Phi) is 3.26. The Labute approximate surface area is 106 Å². The number of aryl methyl sites for hydroxylation is 1. The third-order valence-electron chi connectivity index (χ3n) is 2.35. The summed E-state index contributed by atoms with van der Waals surface area (Å²) in [7, 11) is 0. The van der Waals surface area contributed by atoms with E-state index >= 15 is 0 Å². The summed E-state index contributed by atoms with van der Waals surface area (Å²) in [5.41, 5.74) is 1.23. The molecule has 0 N–H and O–H groups in total. The highest BCUT2D eigenvalue weighted by atomic mass is 35.5. The zero-order valence-corrected chi connectivity index (χ0v) is 10.3. The molecule has 0 aliphatic rings. The van der Waals surface area contributed by atoms with Gasteiger partial charge in [0.2, 0.25) is 0 Å².